The van der Waals surface area contributed by atoms with Gasteiger partial charge in [-0.3, -0.25) is 4.98 Å². The summed E-state index contributed by atoms with van der Waals surface area (Å²) < 4.78 is 0. The molecule has 0 bridgehead atoms. The van der Waals surface area contributed by atoms with Gasteiger partial charge in [-0.05, 0) is 82.4 Å². The molecule has 6 aromatic carbocycles. The maximum atomic E-state index is 4.37. The highest BCUT2D eigenvalue weighted by atomic mass is 32.2. The van der Waals surface area contributed by atoms with Gasteiger partial charge in [0.15, 0.2) is 0 Å². The van der Waals surface area contributed by atoms with Gasteiger partial charge >= 0.3 is 0 Å². The van der Waals surface area contributed by atoms with Crippen LogP contribution in [0.3, 0.4) is 0 Å². The minimum absolute atomic E-state index is 0.495. The molecule has 1 aromatic heterocycles. The summed E-state index contributed by atoms with van der Waals surface area (Å²) in [7, 11) is 0. The van der Waals surface area contributed by atoms with E-state index in [1.54, 1.807) is 0 Å². The average molecular weight is 606 g/mol. The quantitative estimate of drug-likeness (QED) is 0.195. The van der Waals surface area contributed by atoms with Gasteiger partial charge in [0.05, 0.1) is 28.2 Å². The van der Waals surface area contributed by atoms with E-state index < -0.39 is 5.41 Å². The van der Waals surface area contributed by atoms with Crippen molar-refractivity contribution >= 4 is 45.9 Å². The van der Waals surface area contributed by atoms with Gasteiger partial charge in [-0.1, -0.05) is 109 Å². The molecule has 0 unspecified atom stereocenters. The zero-order chi connectivity index (χ0) is 30.2. The minimum Gasteiger partial charge on any atom is -0.310 e. The molecule has 3 heterocycles. The minimum atomic E-state index is -0.495. The lowest BCUT2D eigenvalue weighted by Crippen LogP contribution is -2.36. The van der Waals surface area contributed by atoms with Crippen LogP contribution in [0.25, 0.3) is 11.1 Å². The number of benzene rings is 6. The Labute approximate surface area is 272 Å². The number of fused-ring (bicyclic) bond motifs is 12. The van der Waals surface area contributed by atoms with Gasteiger partial charge in [0, 0.05) is 39.1 Å². The lowest BCUT2D eigenvalue weighted by atomic mass is 9.64. The number of para-hydroxylation sites is 4. The SMILES string of the molecule is c1ccc(N2c3ccccc3C3(c4ccccc4-c4c3ccc3c4N(c4ccncc4)c4ccccc4S3)c3ccccc32)cc1. The van der Waals surface area contributed by atoms with Crippen molar-refractivity contribution in [2.75, 3.05) is 9.80 Å². The summed E-state index contributed by atoms with van der Waals surface area (Å²) in [5.74, 6) is 0. The van der Waals surface area contributed by atoms with E-state index >= 15 is 0 Å². The number of hydrogen-bond donors (Lipinski definition) is 0. The summed E-state index contributed by atoms with van der Waals surface area (Å²) in [5.41, 5.74) is 14.4. The van der Waals surface area contributed by atoms with Crippen LogP contribution >= 0.6 is 11.8 Å². The third-order valence-corrected chi connectivity index (χ3v) is 10.8. The van der Waals surface area contributed by atoms with E-state index in [1.807, 2.05) is 24.2 Å². The summed E-state index contributed by atoms with van der Waals surface area (Å²) in [6.45, 7) is 0. The molecule has 0 saturated heterocycles. The van der Waals surface area contributed by atoms with E-state index in [2.05, 4.69) is 166 Å². The van der Waals surface area contributed by atoms with Gasteiger partial charge in [0.2, 0.25) is 0 Å². The van der Waals surface area contributed by atoms with Crippen LogP contribution in [0.5, 0.6) is 0 Å². The van der Waals surface area contributed by atoms with Crippen LogP contribution in [-0.4, -0.2) is 4.98 Å². The molecule has 0 N–H and O–H groups in total. The average Bonchev–Trinajstić information content (AvgIpc) is 3.42. The Bertz CT molecular complexity index is 2270. The molecular formula is C42H27N3S. The van der Waals surface area contributed by atoms with Gasteiger partial charge in [0.25, 0.3) is 0 Å². The lowest BCUT2D eigenvalue weighted by Gasteiger charge is -2.45. The Hall–Kier alpha value is -5.58. The van der Waals surface area contributed by atoms with Crippen LogP contribution in [0.4, 0.5) is 34.1 Å². The number of rotatable bonds is 2. The van der Waals surface area contributed by atoms with E-state index in [0.717, 1.165) is 11.4 Å². The first-order valence-electron chi connectivity index (χ1n) is 15.6. The van der Waals surface area contributed by atoms with E-state index in [1.165, 1.54) is 65.9 Å². The monoisotopic (exact) mass is 605 g/mol. The van der Waals surface area contributed by atoms with Crippen LogP contribution in [0.15, 0.2) is 174 Å². The van der Waals surface area contributed by atoms with E-state index in [4.69, 9.17) is 0 Å². The maximum absolute atomic E-state index is 4.37. The molecule has 4 heteroatoms. The topological polar surface area (TPSA) is 19.4 Å². The fourth-order valence-electron chi connectivity index (χ4n) is 8.05. The van der Waals surface area contributed by atoms with Crippen molar-refractivity contribution in [3.8, 4) is 11.1 Å². The molecule has 1 spiro atoms. The Kier molecular flexibility index (Phi) is 5.43. The zero-order valence-electron chi connectivity index (χ0n) is 24.8. The van der Waals surface area contributed by atoms with E-state index in [9.17, 15) is 0 Å². The second kappa shape index (κ2) is 9.71. The third kappa shape index (κ3) is 3.31. The smallest absolute Gasteiger partial charge is 0.0755 e. The summed E-state index contributed by atoms with van der Waals surface area (Å²) in [6.07, 6.45) is 3.79. The highest BCUT2D eigenvalue weighted by Crippen LogP contribution is 2.67. The largest absolute Gasteiger partial charge is 0.310 e. The molecule has 2 aliphatic heterocycles. The molecule has 216 valence electrons. The Balaban J connectivity index is 1.34. The molecule has 10 rings (SSSR count). The van der Waals surface area contributed by atoms with Crippen molar-refractivity contribution in [3.63, 3.8) is 0 Å². The number of nitrogens with zero attached hydrogens (tertiary/aromatic N) is 3. The summed E-state index contributed by atoms with van der Waals surface area (Å²) in [4.78, 5) is 11.8. The van der Waals surface area contributed by atoms with Crippen molar-refractivity contribution in [2.45, 2.75) is 15.2 Å². The van der Waals surface area contributed by atoms with Crippen molar-refractivity contribution < 1.29 is 0 Å². The highest BCUT2D eigenvalue weighted by Gasteiger charge is 2.53. The summed E-state index contributed by atoms with van der Waals surface area (Å²) >= 11 is 1.86. The number of aromatic nitrogens is 1. The molecule has 7 aromatic rings. The second-order valence-corrected chi connectivity index (χ2v) is 13.0. The van der Waals surface area contributed by atoms with Crippen LogP contribution in [0.2, 0.25) is 0 Å². The molecule has 0 atom stereocenters. The summed E-state index contributed by atoms with van der Waals surface area (Å²) in [6, 6.07) is 55.6. The first-order chi connectivity index (χ1) is 22.9. The fraction of sp³-hybridized carbons (Fsp3) is 0.0238. The van der Waals surface area contributed by atoms with Crippen molar-refractivity contribution in [3.05, 3.63) is 186 Å². The first-order valence-corrected chi connectivity index (χ1v) is 16.5. The van der Waals surface area contributed by atoms with Crippen LogP contribution in [0.1, 0.15) is 22.3 Å². The van der Waals surface area contributed by atoms with Crippen molar-refractivity contribution in [1.82, 2.24) is 4.98 Å². The maximum Gasteiger partial charge on any atom is 0.0755 e. The highest BCUT2D eigenvalue weighted by molar-refractivity contribution is 7.99. The van der Waals surface area contributed by atoms with Crippen molar-refractivity contribution in [1.29, 1.82) is 0 Å². The molecule has 0 amide bonds. The standard InChI is InChI=1S/C42H27N3S/c1-2-12-28(13-3-1)44-35-18-8-6-16-32(35)42(33-17-7-9-19-36(33)44)31-15-5-4-14-30(31)40-34(42)22-23-39-41(40)45(29-24-26-43-27-25-29)37-20-10-11-21-38(37)46-39/h1-27H. The normalized spacial score (nSPS) is 14.5. The third-order valence-electron chi connectivity index (χ3n) is 9.73. The molecular weight excluding hydrogens is 579 g/mol. The van der Waals surface area contributed by atoms with Gasteiger partial charge in [0.1, 0.15) is 0 Å². The van der Waals surface area contributed by atoms with Gasteiger partial charge in [-0.2, -0.15) is 0 Å². The molecule has 0 radical (unpaired) electrons. The summed E-state index contributed by atoms with van der Waals surface area (Å²) in [5, 5.41) is 0. The van der Waals surface area contributed by atoms with Crippen LogP contribution < -0.4 is 9.80 Å². The Morgan fingerprint density at radius 1 is 0.435 bits per heavy atom. The fourth-order valence-corrected chi connectivity index (χ4v) is 9.12. The molecule has 3 nitrogen and oxygen atoms in total. The predicted octanol–water partition coefficient (Wildman–Crippen LogP) is 11.2. The number of hydrogen-bond acceptors (Lipinski definition) is 4. The van der Waals surface area contributed by atoms with Crippen LogP contribution in [0, 0.1) is 0 Å². The molecule has 46 heavy (non-hydrogen) atoms. The van der Waals surface area contributed by atoms with Gasteiger partial charge in [-0.25, -0.2) is 0 Å². The zero-order valence-corrected chi connectivity index (χ0v) is 25.7. The van der Waals surface area contributed by atoms with Gasteiger partial charge in [-0.15, -0.1) is 0 Å². The lowest BCUT2D eigenvalue weighted by molar-refractivity contribution is 0.752. The van der Waals surface area contributed by atoms with E-state index in [-0.39, 0.29) is 0 Å². The molecule has 0 saturated carbocycles. The van der Waals surface area contributed by atoms with Gasteiger partial charge < -0.3 is 9.80 Å². The van der Waals surface area contributed by atoms with Crippen LogP contribution in [-0.2, 0) is 5.41 Å². The molecule has 1 aliphatic carbocycles. The van der Waals surface area contributed by atoms with E-state index in [0.29, 0.717) is 0 Å². The Morgan fingerprint density at radius 3 is 1.76 bits per heavy atom. The predicted molar refractivity (Wildman–Crippen MR) is 189 cm³/mol. The molecule has 3 aliphatic rings. The first kappa shape index (κ1) is 25.7. The second-order valence-electron chi connectivity index (χ2n) is 11.9. The number of anilines is 6. The molecule has 0 fully saturated rings. The number of pyridine rings is 1. The van der Waals surface area contributed by atoms with Crippen molar-refractivity contribution in [2.24, 2.45) is 0 Å². The Morgan fingerprint density at radius 2 is 1.02 bits per heavy atom.